The Hall–Kier alpha value is -1.28. The fourth-order valence-corrected chi connectivity index (χ4v) is 6.55. The molecule has 0 aliphatic heterocycles. The highest BCUT2D eigenvalue weighted by Gasteiger charge is 2.26. The van der Waals surface area contributed by atoms with E-state index in [1.165, 1.54) is 109 Å². The highest BCUT2D eigenvalue weighted by Crippen LogP contribution is 2.43. The third-order valence-electron chi connectivity index (χ3n) is 8.94. The van der Waals surface area contributed by atoms with E-state index in [0.717, 1.165) is 57.8 Å². The number of amides is 1. The van der Waals surface area contributed by atoms with Gasteiger partial charge in [0.2, 0.25) is 5.91 Å². The minimum Gasteiger partial charge on any atom is -0.387 e. The fourth-order valence-electron chi connectivity index (χ4n) is 5.79. The monoisotopic (exact) mass is 727 g/mol. The van der Waals surface area contributed by atoms with E-state index in [2.05, 4.69) is 43.5 Å². The summed E-state index contributed by atoms with van der Waals surface area (Å²) in [5.41, 5.74) is 5.36. The summed E-state index contributed by atoms with van der Waals surface area (Å²) in [5, 5.41) is 13.6. The lowest BCUT2D eigenvalue weighted by Gasteiger charge is -2.23. The Kier molecular flexibility index (Phi) is 36.5. The summed E-state index contributed by atoms with van der Waals surface area (Å²) in [6.45, 7) is 4.08. The van der Waals surface area contributed by atoms with Crippen LogP contribution in [0.15, 0.2) is 36.5 Å². The Morgan fingerprint density at radius 1 is 0.640 bits per heavy atom. The van der Waals surface area contributed by atoms with Crippen LogP contribution in [-0.4, -0.2) is 47.8 Å². The van der Waals surface area contributed by atoms with Gasteiger partial charge in [0.25, 0.3) is 0 Å². The molecule has 0 saturated carbocycles. The van der Waals surface area contributed by atoms with Gasteiger partial charge in [-0.3, -0.25) is 13.8 Å². The normalized spacial score (nSPS) is 14.6. The van der Waals surface area contributed by atoms with Crippen molar-refractivity contribution in [2.75, 3.05) is 19.8 Å². The Morgan fingerprint density at radius 3 is 1.58 bits per heavy atom. The van der Waals surface area contributed by atoms with E-state index in [0.29, 0.717) is 6.42 Å². The number of aliphatic hydroxyl groups is 1. The fraction of sp³-hybridized carbons (Fsp3) is 0.829. The first-order chi connectivity index (χ1) is 24.4. The zero-order valence-electron chi connectivity index (χ0n) is 32.4. The van der Waals surface area contributed by atoms with Crippen LogP contribution in [0.2, 0.25) is 0 Å². The van der Waals surface area contributed by atoms with Gasteiger partial charge in [-0.25, -0.2) is 4.57 Å². The van der Waals surface area contributed by atoms with E-state index in [-0.39, 0.29) is 25.7 Å². The molecule has 3 unspecified atom stereocenters. The van der Waals surface area contributed by atoms with E-state index in [4.69, 9.17) is 14.8 Å². The first-order valence-electron chi connectivity index (χ1n) is 20.6. The number of nitrogens with two attached hydrogens (primary N) is 1. The first kappa shape index (κ1) is 48.7. The number of allylic oxidation sites excluding steroid dienone is 5. The standard InChI is InChI=1S/C41H79N2O6P/c1-3-5-7-9-11-13-15-17-18-19-20-21-22-23-24-26-28-30-32-34-40(44)39(38-49-50(46,47)48-37-36-42)43-41(45)35-33-31-29-27-25-16-14-12-10-8-6-4-2/h12,14,24,26,32,34,39-40,44H,3-11,13,15-23,25,27-31,33,35-38,42H2,1-2H3,(H,43,45)(H,46,47)/b14-12-,26-24+,34-32+. The molecule has 0 aromatic heterocycles. The van der Waals surface area contributed by atoms with Gasteiger partial charge in [0.15, 0.2) is 0 Å². The lowest BCUT2D eigenvalue weighted by Crippen LogP contribution is -2.45. The Bertz CT molecular complexity index is 881. The third kappa shape index (κ3) is 35.1. The van der Waals surface area contributed by atoms with Gasteiger partial charge in [-0.05, 0) is 57.8 Å². The van der Waals surface area contributed by atoms with Crippen molar-refractivity contribution in [3.8, 4) is 0 Å². The smallest absolute Gasteiger partial charge is 0.387 e. The molecule has 0 aromatic carbocycles. The molecule has 0 bridgehead atoms. The molecular formula is C41H79N2O6P. The van der Waals surface area contributed by atoms with E-state index in [1.807, 2.05) is 6.08 Å². The van der Waals surface area contributed by atoms with Crippen LogP contribution in [-0.2, 0) is 18.4 Å². The van der Waals surface area contributed by atoms with Gasteiger partial charge >= 0.3 is 7.82 Å². The van der Waals surface area contributed by atoms with Crippen molar-refractivity contribution < 1.29 is 28.4 Å². The summed E-state index contributed by atoms with van der Waals surface area (Å²) >= 11 is 0. The Labute approximate surface area is 308 Å². The van der Waals surface area contributed by atoms with Gasteiger partial charge in [-0.2, -0.15) is 0 Å². The van der Waals surface area contributed by atoms with Crippen LogP contribution < -0.4 is 11.1 Å². The number of hydrogen-bond donors (Lipinski definition) is 4. The summed E-state index contributed by atoms with van der Waals surface area (Å²) in [6.07, 6.45) is 43.4. The van der Waals surface area contributed by atoms with Gasteiger partial charge in [-0.1, -0.05) is 159 Å². The molecule has 0 saturated heterocycles. The second kappa shape index (κ2) is 37.5. The molecule has 0 spiro atoms. The average molecular weight is 727 g/mol. The van der Waals surface area contributed by atoms with E-state index in [9.17, 15) is 19.4 Å². The van der Waals surface area contributed by atoms with Crippen LogP contribution in [0.1, 0.15) is 187 Å². The van der Waals surface area contributed by atoms with Gasteiger partial charge < -0.3 is 21.1 Å². The maximum absolute atomic E-state index is 12.7. The zero-order chi connectivity index (χ0) is 36.8. The quantitative estimate of drug-likeness (QED) is 0.0283. The molecule has 294 valence electrons. The molecule has 0 heterocycles. The number of rotatable bonds is 38. The molecular weight excluding hydrogens is 647 g/mol. The highest BCUT2D eigenvalue weighted by atomic mass is 31.2. The van der Waals surface area contributed by atoms with Crippen LogP contribution in [0.5, 0.6) is 0 Å². The first-order valence-corrected chi connectivity index (χ1v) is 22.1. The van der Waals surface area contributed by atoms with Crippen molar-refractivity contribution >= 4 is 13.7 Å². The molecule has 0 aliphatic carbocycles. The maximum atomic E-state index is 12.7. The molecule has 0 aliphatic rings. The predicted octanol–water partition coefficient (Wildman–Crippen LogP) is 11.2. The molecule has 0 fully saturated rings. The second-order valence-corrected chi connectivity index (χ2v) is 15.3. The van der Waals surface area contributed by atoms with Crippen LogP contribution in [0.3, 0.4) is 0 Å². The molecule has 9 heteroatoms. The van der Waals surface area contributed by atoms with E-state index in [1.54, 1.807) is 6.08 Å². The van der Waals surface area contributed by atoms with Crippen molar-refractivity contribution in [1.82, 2.24) is 5.32 Å². The zero-order valence-corrected chi connectivity index (χ0v) is 33.3. The van der Waals surface area contributed by atoms with Gasteiger partial charge in [-0.15, -0.1) is 0 Å². The van der Waals surface area contributed by atoms with E-state index < -0.39 is 20.0 Å². The number of hydrogen-bond acceptors (Lipinski definition) is 6. The summed E-state index contributed by atoms with van der Waals surface area (Å²) < 4.78 is 22.0. The molecule has 5 N–H and O–H groups in total. The summed E-state index contributed by atoms with van der Waals surface area (Å²) in [6, 6.07) is -0.879. The van der Waals surface area contributed by atoms with Crippen LogP contribution in [0.4, 0.5) is 0 Å². The number of phosphoric acid groups is 1. The lowest BCUT2D eigenvalue weighted by atomic mass is 10.0. The van der Waals surface area contributed by atoms with Crippen LogP contribution in [0.25, 0.3) is 0 Å². The number of carbonyl (C=O) groups excluding carboxylic acids is 1. The highest BCUT2D eigenvalue weighted by molar-refractivity contribution is 7.47. The van der Waals surface area contributed by atoms with Gasteiger partial charge in [0, 0.05) is 13.0 Å². The Balaban J connectivity index is 4.29. The number of unbranched alkanes of at least 4 members (excludes halogenated alkanes) is 22. The molecule has 1 amide bonds. The van der Waals surface area contributed by atoms with Crippen molar-refractivity contribution in [2.45, 2.75) is 199 Å². The summed E-state index contributed by atoms with van der Waals surface area (Å²) in [7, 11) is -4.34. The molecule has 8 nitrogen and oxygen atoms in total. The minimum atomic E-state index is -4.34. The summed E-state index contributed by atoms with van der Waals surface area (Å²) in [4.78, 5) is 22.6. The second-order valence-electron chi connectivity index (χ2n) is 13.8. The van der Waals surface area contributed by atoms with Crippen molar-refractivity contribution in [2.24, 2.45) is 5.73 Å². The average Bonchev–Trinajstić information content (AvgIpc) is 3.10. The van der Waals surface area contributed by atoms with Crippen molar-refractivity contribution in [1.29, 1.82) is 0 Å². The molecule has 0 radical (unpaired) electrons. The number of aliphatic hydroxyl groups excluding tert-OH is 1. The SMILES string of the molecule is CCCCC/C=C\CCCCCCCC(=O)NC(COP(=O)(O)OCCN)C(O)/C=C/CC/C=C/CCCCCCCCCCCCCCC. The van der Waals surface area contributed by atoms with Gasteiger partial charge in [0.05, 0.1) is 25.4 Å². The molecule has 50 heavy (non-hydrogen) atoms. The van der Waals surface area contributed by atoms with Gasteiger partial charge in [0.1, 0.15) is 0 Å². The maximum Gasteiger partial charge on any atom is 0.472 e. The van der Waals surface area contributed by atoms with Crippen molar-refractivity contribution in [3.63, 3.8) is 0 Å². The number of carbonyl (C=O) groups is 1. The number of nitrogens with one attached hydrogen (secondary N) is 1. The molecule has 3 atom stereocenters. The summed E-state index contributed by atoms with van der Waals surface area (Å²) in [5.74, 6) is -0.215. The molecule has 0 rings (SSSR count). The Morgan fingerprint density at radius 2 is 1.06 bits per heavy atom. The van der Waals surface area contributed by atoms with E-state index >= 15 is 0 Å². The molecule has 0 aromatic rings. The largest absolute Gasteiger partial charge is 0.472 e. The lowest BCUT2D eigenvalue weighted by molar-refractivity contribution is -0.123. The topological polar surface area (TPSA) is 131 Å². The minimum absolute atomic E-state index is 0.0725. The van der Waals surface area contributed by atoms with Crippen LogP contribution in [0, 0.1) is 0 Å². The third-order valence-corrected chi connectivity index (χ3v) is 9.92. The van der Waals surface area contributed by atoms with Crippen LogP contribution >= 0.6 is 7.82 Å². The number of phosphoric ester groups is 1. The van der Waals surface area contributed by atoms with Crippen molar-refractivity contribution in [3.05, 3.63) is 36.5 Å². The predicted molar refractivity (Wildman–Crippen MR) is 212 cm³/mol.